The minimum Gasteiger partial charge on any atom is -0.271 e. The Balaban J connectivity index is 2.02. The molecule has 1 aromatic carbocycles. The lowest BCUT2D eigenvalue weighted by Gasteiger charge is -2.32. The molecule has 0 amide bonds. The molecule has 106 valence electrons. The number of benzene rings is 1. The highest BCUT2D eigenvalue weighted by Crippen LogP contribution is 2.31. The highest BCUT2D eigenvalue weighted by molar-refractivity contribution is 5.19. The van der Waals surface area contributed by atoms with Gasteiger partial charge < -0.3 is 0 Å². The highest BCUT2D eigenvalue weighted by Gasteiger charge is 2.26. The van der Waals surface area contributed by atoms with Crippen LogP contribution in [0.4, 0.5) is 8.78 Å². The second-order valence-electron chi connectivity index (χ2n) is 5.73. The fourth-order valence-corrected chi connectivity index (χ4v) is 2.97. The van der Waals surface area contributed by atoms with Crippen molar-refractivity contribution in [1.29, 1.82) is 0 Å². The number of hydrogen-bond acceptors (Lipinski definition) is 2. The maximum absolute atomic E-state index is 13.7. The number of halogens is 2. The molecule has 0 aliphatic heterocycles. The zero-order valence-corrected chi connectivity index (χ0v) is 11.3. The van der Waals surface area contributed by atoms with E-state index in [1.165, 1.54) is 25.0 Å². The van der Waals surface area contributed by atoms with Gasteiger partial charge >= 0.3 is 0 Å². The van der Waals surface area contributed by atoms with E-state index in [9.17, 15) is 8.78 Å². The second-order valence-corrected chi connectivity index (χ2v) is 5.73. The van der Waals surface area contributed by atoms with Gasteiger partial charge in [-0.05, 0) is 42.7 Å². The summed E-state index contributed by atoms with van der Waals surface area (Å²) in [5.41, 5.74) is 3.35. The van der Waals surface area contributed by atoms with E-state index in [4.69, 9.17) is 5.84 Å². The summed E-state index contributed by atoms with van der Waals surface area (Å²) in [6.07, 6.45) is 5.17. The van der Waals surface area contributed by atoms with E-state index in [0.717, 1.165) is 24.8 Å². The van der Waals surface area contributed by atoms with Crippen LogP contribution in [0.5, 0.6) is 0 Å². The molecule has 1 saturated carbocycles. The van der Waals surface area contributed by atoms with Crippen molar-refractivity contribution in [2.24, 2.45) is 17.7 Å². The summed E-state index contributed by atoms with van der Waals surface area (Å²) in [6, 6.07) is 3.81. The summed E-state index contributed by atoms with van der Waals surface area (Å²) >= 11 is 0. The van der Waals surface area contributed by atoms with E-state index in [1.54, 1.807) is 0 Å². The van der Waals surface area contributed by atoms with E-state index < -0.39 is 11.6 Å². The van der Waals surface area contributed by atoms with Gasteiger partial charge in [-0.2, -0.15) is 0 Å². The van der Waals surface area contributed by atoms with Crippen LogP contribution >= 0.6 is 0 Å². The molecule has 1 fully saturated rings. The fraction of sp³-hybridized carbons (Fsp3) is 0.600. The third-order valence-corrected chi connectivity index (χ3v) is 4.30. The van der Waals surface area contributed by atoms with Crippen LogP contribution in [0.1, 0.15) is 38.2 Å². The SMILES string of the molecule is CC1CCC(C(Cc2ccc(F)cc2F)NN)CC1. The van der Waals surface area contributed by atoms with E-state index in [1.807, 2.05) is 0 Å². The van der Waals surface area contributed by atoms with Crippen LogP contribution in [-0.2, 0) is 6.42 Å². The molecule has 2 rings (SSSR count). The molecule has 1 aliphatic rings. The first-order valence-electron chi connectivity index (χ1n) is 7.00. The minimum absolute atomic E-state index is 0.0625. The molecule has 1 aliphatic carbocycles. The summed E-state index contributed by atoms with van der Waals surface area (Å²) in [5.74, 6) is 5.85. The van der Waals surface area contributed by atoms with Crippen LogP contribution in [0.3, 0.4) is 0 Å². The molecule has 2 nitrogen and oxygen atoms in total. The first-order valence-corrected chi connectivity index (χ1v) is 7.00. The fourth-order valence-electron chi connectivity index (χ4n) is 2.97. The molecule has 3 N–H and O–H groups in total. The summed E-state index contributed by atoms with van der Waals surface area (Å²) in [6.45, 7) is 2.26. The van der Waals surface area contributed by atoms with Crippen molar-refractivity contribution >= 4 is 0 Å². The summed E-state index contributed by atoms with van der Waals surface area (Å²) in [7, 11) is 0. The van der Waals surface area contributed by atoms with Crippen molar-refractivity contribution in [3.63, 3.8) is 0 Å². The molecule has 0 bridgehead atoms. The molecule has 1 aromatic rings. The van der Waals surface area contributed by atoms with E-state index in [2.05, 4.69) is 12.3 Å². The van der Waals surface area contributed by atoms with E-state index in [0.29, 0.717) is 17.9 Å². The van der Waals surface area contributed by atoms with Gasteiger partial charge in [0.05, 0.1) is 0 Å². The molecular weight excluding hydrogens is 246 g/mol. The van der Waals surface area contributed by atoms with Gasteiger partial charge in [0.25, 0.3) is 0 Å². The predicted octanol–water partition coefficient (Wildman–Crippen LogP) is 3.17. The smallest absolute Gasteiger partial charge is 0.129 e. The standard InChI is InChI=1S/C15H22F2N2/c1-10-2-4-11(5-3-10)15(19-18)8-12-6-7-13(16)9-14(12)17/h6-7,9-11,15,19H,2-5,8,18H2,1H3. The largest absolute Gasteiger partial charge is 0.271 e. The average molecular weight is 268 g/mol. The number of hydrazine groups is 1. The van der Waals surface area contributed by atoms with Crippen LogP contribution in [0.15, 0.2) is 18.2 Å². The zero-order chi connectivity index (χ0) is 13.8. The van der Waals surface area contributed by atoms with Gasteiger partial charge in [-0.3, -0.25) is 11.3 Å². The molecule has 4 heteroatoms. The molecule has 1 atom stereocenters. The molecule has 0 radical (unpaired) electrons. The Morgan fingerprint density at radius 1 is 1.26 bits per heavy atom. The quantitative estimate of drug-likeness (QED) is 0.650. The van der Waals surface area contributed by atoms with Gasteiger partial charge in [-0.15, -0.1) is 0 Å². The van der Waals surface area contributed by atoms with Crippen LogP contribution in [0.25, 0.3) is 0 Å². The van der Waals surface area contributed by atoms with Crippen molar-refractivity contribution in [2.75, 3.05) is 0 Å². The Morgan fingerprint density at radius 3 is 2.53 bits per heavy atom. The summed E-state index contributed by atoms with van der Waals surface area (Å²) < 4.78 is 26.6. The first-order chi connectivity index (χ1) is 9.10. The topological polar surface area (TPSA) is 38.0 Å². The normalized spacial score (nSPS) is 25.3. The molecule has 0 spiro atoms. The Bertz CT molecular complexity index is 415. The van der Waals surface area contributed by atoms with Crippen LogP contribution < -0.4 is 11.3 Å². The molecule has 19 heavy (non-hydrogen) atoms. The monoisotopic (exact) mass is 268 g/mol. The lowest BCUT2D eigenvalue weighted by molar-refractivity contribution is 0.229. The molecule has 1 unspecified atom stereocenters. The second kappa shape index (κ2) is 6.44. The minimum atomic E-state index is -0.537. The van der Waals surface area contributed by atoms with Crippen LogP contribution in [0.2, 0.25) is 0 Å². The summed E-state index contributed by atoms with van der Waals surface area (Å²) in [5, 5.41) is 0. The van der Waals surface area contributed by atoms with Crippen LogP contribution in [-0.4, -0.2) is 6.04 Å². The molecular formula is C15H22F2N2. The lowest BCUT2D eigenvalue weighted by atomic mass is 9.78. The Morgan fingerprint density at radius 2 is 1.95 bits per heavy atom. The van der Waals surface area contributed by atoms with Crippen molar-refractivity contribution < 1.29 is 8.78 Å². The predicted molar refractivity (Wildman–Crippen MR) is 72.3 cm³/mol. The maximum atomic E-state index is 13.7. The number of rotatable bonds is 4. The molecule has 0 heterocycles. The van der Waals surface area contributed by atoms with Gasteiger partial charge in [-0.25, -0.2) is 8.78 Å². The average Bonchev–Trinajstić information content (AvgIpc) is 2.39. The highest BCUT2D eigenvalue weighted by atomic mass is 19.1. The van der Waals surface area contributed by atoms with Gasteiger partial charge in [0.1, 0.15) is 11.6 Å². The Hall–Kier alpha value is -1.00. The number of nitrogens with two attached hydrogens (primary N) is 1. The molecule has 0 saturated heterocycles. The third-order valence-electron chi connectivity index (χ3n) is 4.30. The van der Waals surface area contributed by atoms with Gasteiger partial charge in [-0.1, -0.05) is 25.8 Å². The zero-order valence-electron chi connectivity index (χ0n) is 11.3. The number of hydrogen-bond donors (Lipinski definition) is 2. The van der Waals surface area contributed by atoms with E-state index >= 15 is 0 Å². The number of nitrogens with one attached hydrogen (secondary N) is 1. The van der Waals surface area contributed by atoms with Crippen molar-refractivity contribution in [2.45, 2.75) is 45.1 Å². The van der Waals surface area contributed by atoms with Gasteiger partial charge in [0, 0.05) is 12.1 Å². The maximum Gasteiger partial charge on any atom is 0.129 e. The van der Waals surface area contributed by atoms with Gasteiger partial charge in [0.15, 0.2) is 0 Å². The Labute approximate surface area is 113 Å². The third kappa shape index (κ3) is 3.74. The van der Waals surface area contributed by atoms with Gasteiger partial charge in [0.2, 0.25) is 0 Å². The first kappa shape index (κ1) is 14.4. The van der Waals surface area contributed by atoms with Crippen molar-refractivity contribution in [3.05, 3.63) is 35.4 Å². The van der Waals surface area contributed by atoms with E-state index in [-0.39, 0.29) is 6.04 Å². The van der Waals surface area contributed by atoms with Crippen molar-refractivity contribution in [3.8, 4) is 0 Å². The lowest BCUT2D eigenvalue weighted by Crippen LogP contribution is -2.43. The Kier molecular flexibility index (Phi) is 4.88. The molecule has 0 aromatic heterocycles. The van der Waals surface area contributed by atoms with Crippen LogP contribution in [0, 0.1) is 23.5 Å². The van der Waals surface area contributed by atoms with Crippen molar-refractivity contribution in [1.82, 2.24) is 5.43 Å². The summed E-state index contributed by atoms with van der Waals surface area (Å²) in [4.78, 5) is 0.